The number of para-hydroxylation sites is 1. The lowest BCUT2D eigenvalue weighted by Gasteiger charge is -2.15. The van der Waals surface area contributed by atoms with Crippen molar-refractivity contribution in [3.05, 3.63) is 39.9 Å². The molecule has 4 nitrogen and oxygen atoms in total. The highest BCUT2D eigenvalue weighted by Crippen LogP contribution is 2.27. The molecule has 0 unspecified atom stereocenters. The highest BCUT2D eigenvalue weighted by atomic mass is 19.3. The molecule has 0 radical (unpaired) electrons. The summed E-state index contributed by atoms with van der Waals surface area (Å²) < 4.78 is 52.1. The van der Waals surface area contributed by atoms with E-state index in [2.05, 4.69) is 4.74 Å². The molecule has 1 aromatic carbocycles. The Morgan fingerprint density at radius 3 is 2.47 bits per heavy atom. The summed E-state index contributed by atoms with van der Waals surface area (Å²) in [5.74, 6) is 0. The second-order valence-corrected chi connectivity index (χ2v) is 3.04. The van der Waals surface area contributed by atoms with Crippen LogP contribution in [0.5, 0.6) is 0 Å². The lowest BCUT2D eigenvalue weighted by Crippen LogP contribution is -2.29. The second-order valence-electron chi connectivity index (χ2n) is 3.04. The van der Waals surface area contributed by atoms with Gasteiger partial charge in [-0.2, -0.15) is 8.78 Å². The predicted octanol–water partition coefficient (Wildman–Crippen LogP) is 2.97. The SMILES string of the molecule is O=[N+]([O-])c1ccccc1COC(F)(F)C(F)F. The number of nitro groups is 1. The van der Waals surface area contributed by atoms with Crippen molar-refractivity contribution in [1.82, 2.24) is 0 Å². The third-order valence-corrected chi connectivity index (χ3v) is 1.86. The van der Waals surface area contributed by atoms with Crippen molar-refractivity contribution in [2.45, 2.75) is 19.1 Å². The molecule has 8 heteroatoms. The molecule has 17 heavy (non-hydrogen) atoms. The lowest BCUT2D eigenvalue weighted by atomic mass is 10.2. The zero-order valence-corrected chi connectivity index (χ0v) is 8.28. The summed E-state index contributed by atoms with van der Waals surface area (Å²) in [6.07, 6.45) is -8.60. The van der Waals surface area contributed by atoms with Gasteiger partial charge < -0.3 is 4.74 Å². The van der Waals surface area contributed by atoms with Gasteiger partial charge >= 0.3 is 12.5 Å². The van der Waals surface area contributed by atoms with Crippen molar-refractivity contribution in [2.75, 3.05) is 0 Å². The normalized spacial score (nSPS) is 11.8. The van der Waals surface area contributed by atoms with Gasteiger partial charge in [-0.25, -0.2) is 8.78 Å². The van der Waals surface area contributed by atoms with Gasteiger partial charge in [0.05, 0.1) is 17.1 Å². The maximum atomic E-state index is 12.4. The van der Waals surface area contributed by atoms with Crippen LogP contribution in [0.2, 0.25) is 0 Å². The molecular weight excluding hydrogens is 246 g/mol. The van der Waals surface area contributed by atoms with Crippen molar-refractivity contribution in [3.63, 3.8) is 0 Å². The molecule has 0 amide bonds. The first-order chi connectivity index (χ1) is 7.84. The van der Waals surface area contributed by atoms with Crippen molar-refractivity contribution in [1.29, 1.82) is 0 Å². The molecule has 0 fully saturated rings. The molecule has 0 spiro atoms. The van der Waals surface area contributed by atoms with Crippen LogP contribution in [-0.4, -0.2) is 17.5 Å². The van der Waals surface area contributed by atoms with Gasteiger partial charge in [-0.05, 0) is 6.07 Å². The molecule has 0 heterocycles. The number of hydrogen-bond acceptors (Lipinski definition) is 3. The smallest absolute Gasteiger partial charge is 0.311 e. The van der Waals surface area contributed by atoms with E-state index >= 15 is 0 Å². The van der Waals surface area contributed by atoms with Crippen LogP contribution in [-0.2, 0) is 11.3 Å². The summed E-state index contributed by atoms with van der Waals surface area (Å²) in [5.41, 5.74) is -0.657. The molecule has 0 bridgehead atoms. The molecule has 1 rings (SSSR count). The molecular formula is C9H7F4NO3. The van der Waals surface area contributed by atoms with Gasteiger partial charge in [-0.1, -0.05) is 12.1 Å². The Kier molecular flexibility index (Phi) is 4.00. The van der Waals surface area contributed by atoms with E-state index in [0.29, 0.717) is 0 Å². The molecule has 0 N–H and O–H groups in total. The van der Waals surface area contributed by atoms with E-state index in [4.69, 9.17) is 0 Å². The molecule has 0 atom stereocenters. The predicted molar refractivity (Wildman–Crippen MR) is 48.8 cm³/mol. The summed E-state index contributed by atoms with van der Waals surface area (Å²) in [7, 11) is 0. The largest absolute Gasteiger partial charge is 0.416 e. The number of rotatable bonds is 5. The molecule has 0 saturated heterocycles. The number of benzene rings is 1. The topological polar surface area (TPSA) is 52.4 Å². The summed E-state index contributed by atoms with van der Waals surface area (Å²) in [4.78, 5) is 9.69. The highest BCUT2D eigenvalue weighted by molar-refractivity contribution is 5.39. The quantitative estimate of drug-likeness (QED) is 0.460. The molecule has 94 valence electrons. The van der Waals surface area contributed by atoms with E-state index in [-0.39, 0.29) is 5.56 Å². The number of alkyl halides is 4. The van der Waals surface area contributed by atoms with E-state index in [0.717, 1.165) is 12.1 Å². The van der Waals surface area contributed by atoms with Gasteiger partial charge in [0.25, 0.3) is 5.69 Å². The van der Waals surface area contributed by atoms with Gasteiger partial charge in [-0.3, -0.25) is 10.1 Å². The minimum absolute atomic E-state index is 0.196. The highest BCUT2D eigenvalue weighted by Gasteiger charge is 2.42. The average Bonchev–Trinajstić information content (AvgIpc) is 2.26. The third kappa shape index (κ3) is 3.38. The third-order valence-electron chi connectivity index (χ3n) is 1.86. The van der Waals surface area contributed by atoms with E-state index in [1.54, 1.807) is 0 Å². The van der Waals surface area contributed by atoms with Gasteiger partial charge in [-0.15, -0.1) is 0 Å². The monoisotopic (exact) mass is 253 g/mol. The minimum Gasteiger partial charge on any atom is -0.311 e. The van der Waals surface area contributed by atoms with Crippen LogP contribution in [0.3, 0.4) is 0 Å². The Morgan fingerprint density at radius 1 is 1.35 bits per heavy atom. The van der Waals surface area contributed by atoms with Crippen LogP contribution in [0.1, 0.15) is 5.56 Å². The molecule has 1 aromatic rings. The standard InChI is InChI=1S/C9H7F4NO3/c10-8(11)9(12,13)17-5-6-3-1-2-4-7(6)14(15)16/h1-4,8H,5H2. The molecule has 0 saturated carbocycles. The lowest BCUT2D eigenvalue weighted by molar-refractivity contribution is -0.386. The average molecular weight is 253 g/mol. The Morgan fingerprint density at radius 2 is 1.94 bits per heavy atom. The molecule has 0 aliphatic carbocycles. The van der Waals surface area contributed by atoms with Gasteiger partial charge in [0.15, 0.2) is 0 Å². The fourth-order valence-corrected chi connectivity index (χ4v) is 1.05. The van der Waals surface area contributed by atoms with E-state index < -0.39 is 29.8 Å². The van der Waals surface area contributed by atoms with Crippen molar-refractivity contribution >= 4 is 5.69 Å². The van der Waals surface area contributed by atoms with Crippen LogP contribution in [0.25, 0.3) is 0 Å². The minimum atomic E-state index is -4.62. The molecule has 0 aliphatic heterocycles. The zero-order chi connectivity index (χ0) is 13.1. The van der Waals surface area contributed by atoms with Crippen LogP contribution >= 0.6 is 0 Å². The number of hydrogen-bond donors (Lipinski definition) is 0. The number of ether oxygens (including phenoxy) is 1. The molecule has 0 aliphatic rings. The van der Waals surface area contributed by atoms with Crippen LogP contribution in [0.15, 0.2) is 24.3 Å². The summed E-state index contributed by atoms with van der Waals surface area (Å²) in [6, 6.07) is 4.90. The second kappa shape index (κ2) is 5.09. The summed E-state index contributed by atoms with van der Waals surface area (Å²) >= 11 is 0. The zero-order valence-electron chi connectivity index (χ0n) is 8.28. The maximum absolute atomic E-state index is 12.4. The number of nitrogens with zero attached hydrogens (tertiary/aromatic N) is 1. The first kappa shape index (κ1) is 13.4. The first-order valence-electron chi connectivity index (χ1n) is 4.37. The Bertz CT molecular complexity index is 411. The first-order valence-corrected chi connectivity index (χ1v) is 4.37. The Hall–Kier alpha value is -1.70. The Balaban J connectivity index is 2.79. The van der Waals surface area contributed by atoms with Gasteiger partial charge in [0, 0.05) is 6.07 Å². The molecule has 0 aromatic heterocycles. The fraction of sp³-hybridized carbons (Fsp3) is 0.333. The van der Waals surface area contributed by atoms with Crippen molar-refractivity contribution < 1.29 is 27.2 Å². The maximum Gasteiger partial charge on any atom is 0.416 e. The summed E-state index contributed by atoms with van der Waals surface area (Å²) in [5, 5.41) is 10.5. The van der Waals surface area contributed by atoms with Gasteiger partial charge in [0.1, 0.15) is 0 Å². The van der Waals surface area contributed by atoms with E-state index in [1.807, 2.05) is 0 Å². The van der Waals surface area contributed by atoms with Crippen LogP contribution in [0, 0.1) is 10.1 Å². The summed E-state index contributed by atoms with van der Waals surface area (Å²) in [6.45, 7) is -0.964. The van der Waals surface area contributed by atoms with Crippen LogP contribution < -0.4 is 0 Å². The van der Waals surface area contributed by atoms with E-state index in [1.165, 1.54) is 12.1 Å². The number of nitro benzene ring substituents is 1. The van der Waals surface area contributed by atoms with Crippen molar-refractivity contribution in [3.8, 4) is 0 Å². The fourth-order valence-electron chi connectivity index (χ4n) is 1.05. The Labute approximate surface area is 93.0 Å². The number of halogens is 4. The van der Waals surface area contributed by atoms with Crippen LogP contribution in [0.4, 0.5) is 23.2 Å². The van der Waals surface area contributed by atoms with Gasteiger partial charge in [0.2, 0.25) is 0 Å². The van der Waals surface area contributed by atoms with Crippen molar-refractivity contribution in [2.24, 2.45) is 0 Å². The van der Waals surface area contributed by atoms with E-state index in [9.17, 15) is 27.7 Å².